The molecule has 0 spiro atoms. The number of hydrogen-bond acceptors (Lipinski definition) is 6. The molecule has 0 unspecified atom stereocenters. The van der Waals surface area contributed by atoms with E-state index in [1.54, 1.807) is 32.7 Å². The lowest BCUT2D eigenvalue weighted by Crippen LogP contribution is -2.60. The van der Waals surface area contributed by atoms with Crippen LogP contribution in [0.25, 0.3) is 10.8 Å². The molecule has 1 N–H and O–H groups in total. The number of nitrogens with one attached hydrogen (secondary N) is 1. The third kappa shape index (κ3) is 6.19. The number of carbonyl (C=O) groups is 3. The van der Waals surface area contributed by atoms with Gasteiger partial charge < -0.3 is 19.7 Å². The molecule has 0 radical (unpaired) electrons. The van der Waals surface area contributed by atoms with Gasteiger partial charge in [-0.1, -0.05) is 60.7 Å². The minimum absolute atomic E-state index is 0.104. The number of amides is 3. The molecule has 214 valence electrons. The van der Waals surface area contributed by atoms with Crippen LogP contribution in [0.4, 0.5) is 4.79 Å². The Balaban J connectivity index is 1.38. The van der Waals surface area contributed by atoms with E-state index >= 15 is 0 Å². The van der Waals surface area contributed by atoms with Crippen molar-refractivity contribution in [3.05, 3.63) is 78.4 Å². The van der Waals surface area contributed by atoms with Crippen LogP contribution in [0, 0.1) is 5.41 Å². The molecule has 3 amide bonds. The van der Waals surface area contributed by atoms with Crippen LogP contribution in [0.2, 0.25) is 0 Å². The summed E-state index contributed by atoms with van der Waals surface area (Å²) in [6, 6.07) is 22.3. The predicted octanol–water partition coefficient (Wildman–Crippen LogP) is 4.40. The van der Waals surface area contributed by atoms with E-state index < -0.39 is 23.2 Å². The molecule has 2 aliphatic heterocycles. The lowest BCUT2D eigenvalue weighted by Gasteiger charge is -2.40. The second-order valence-corrected chi connectivity index (χ2v) is 11.6. The van der Waals surface area contributed by atoms with Crippen LogP contribution >= 0.6 is 0 Å². The number of rotatable bonds is 7. The smallest absolute Gasteiger partial charge is 0.408 e. The van der Waals surface area contributed by atoms with Crippen LogP contribution in [0.1, 0.15) is 32.8 Å². The summed E-state index contributed by atoms with van der Waals surface area (Å²) in [5.74, 6) is 0.0945. The van der Waals surface area contributed by atoms with Crippen molar-refractivity contribution < 1.29 is 23.9 Å². The zero-order valence-electron chi connectivity index (χ0n) is 23.9. The molecule has 9 nitrogen and oxygen atoms in total. The topological polar surface area (TPSA) is 101 Å². The summed E-state index contributed by atoms with van der Waals surface area (Å²) in [4.78, 5) is 42.0. The Labute approximate surface area is 240 Å². The van der Waals surface area contributed by atoms with E-state index in [0.29, 0.717) is 25.1 Å². The zero-order chi connectivity index (χ0) is 29.2. The number of nitrogens with zero attached hydrogens (tertiary/aromatic N) is 3. The summed E-state index contributed by atoms with van der Waals surface area (Å²) < 4.78 is 11.5. The van der Waals surface area contributed by atoms with Gasteiger partial charge in [0, 0.05) is 26.6 Å². The van der Waals surface area contributed by atoms with Crippen LogP contribution in [-0.2, 0) is 20.7 Å². The van der Waals surface area contributed by atoms with Gasteiger partial charge in [0.1, 0.15) is 29.4 Å². The molecular weight excluding hydrogens is 520 g/mol. The Bertz CT molecular complexity index is 1480. The minimum Gasteiger partial charge on any atom is -0.491 e. The molecular formula is C32H36N4O5. The highest BCUT2D eigenvalue weighted by Crippen LogP contribution is 2.38. The zero-order valence-corrected chi connectivity index (χ0v) is 23.9. The van der Waals surface area contributed by atoms with Crippen molar-refractivity contribution in [2.24, 2.45) is 10.5 Å². The first-order chi connectivity index (χ1) is 19.5. The summed E-state index contributed by atoms with van der Waals surface area (Å²) in [6.07, 6.45) is 0.171. The molecule has 5 rings (SSSR count). The second-order valence-electron chi connectivity index (χ2n) is 11.6. The largest absolute Gasteiger partial charge is 0.491 e. The Kier molecular flexibility index (Phi) is 7.71. The highest BCUT2D eigenvalue weighted by Gasteiger charge is 2.54. The number of likely N-dealkylation sites (tertiary alicyclic amines) is 1. The number of ether oxygens (including phenoxy) is 2. The van der Waals surface area contributed by atoms with Gasteiger partial charge in [-0.25, -0.2) is 9.80 Å². The normalized spacial score (nSPS) is 19.4. The number of alkyl carbamates (subject to hydrolysis) is 1. The molecule has 3 aromatic carbocycles. The van der Waals surface area contributed by atoms with Crippen LogP contribution in [0.5, 0.6) is 5.75 Å². The lowest BCUT2D eigenvalue weighted by atomic mass is 9.73. The standard InChI is InChI=1S/C32H36N4O5/c1-31(2,3)41-30(39)33-26(20-40-25-15-14-23-12-8-9-13-24(23)18-25)28(37)36-17-16-27-32(21-36,29(38)35(4)34-27)19-22-10-6-5-7-11-22/h5-15,18,26H,16-17,19-21H2,1-4H3,(H,33,39)/t26-,32-/m1/s1. The van der Waals surface area contributed by atoms with Gasteiger partial charge in [0.15, 0.2) is 0 Å². The molecule has 1 fully saturated rings. The molecule has 0 aliphatic carbocycles. The van der Waals surface area contributed by atoms with E-state index in [1.165, 1.54) is 5.01 Å². The van der Waals surface area contributed by atoms with E-state index in [2.05, 4.69) is 10.4 Å². The Morgan fingerprint density at radius 1 is 1.02 bits per heavy atom. The summed E-state index contributed by atoms with van der Waals surface area (Å²) in [6.45, 7) is 5.71. The van der Waals surface area contributed by atoms with Gasteiger partial charge >= 0.3 is 6.09 Å². The number of carbonyl (C=O) groups excluding carboxylic acids is 3. The number of hydrogen-bond donors (Lipinski definition) is 1. The molecule has 2 atom stereocenters. The van der Waals surface area contributed by atoms with E-state index in [1.807, 2.05) is 72.8 Å². The van der Waals surface area contributed by atoms with Gasteiger partial charge in [-0.15, -0.1) is 0 Å². The van der Waals surface area contributed by atoms with Gasteiger partial charge in [0.05, 0.1) is 5.71 Å². The molecule has 0 bridgehead atoms. The average molecular weight is 557 g/mol. The fraction of sp³-hybridized carbons (Fsp3) is 0.375. The SMILES string of the molecule is CN1N=C2CCN(C(=O)[C@@H](COc3ccc4ccccc4c3)NC(=O)OC(C)(C)C)C[C@@]2(Cc2ccccc2)C1=O. The molecule has 2 aliphatic rings. The van der Waals surface area contributed by atoms with Gasteiger partial charge in [0.2, 0.25) is 5.91 Å². The van der Waals surface area contributed by atoms with Crippen molar-refractivity contribution >= 4 is 34.4 Å². The summed E-state index contributed by atoms with van der Waals surface area (Å²) >= 11 is 0. The number of hydrazone groups is 1. The van der Waals surface area contributed by atoms with E-state index in [-0.39, 0.29) is 25.0 Å². The highest BCUT2D eigenvalue weighted by atomic mass is 16.6. The average Bonchev–Trinajstić information content (AvgIpc) is 3.18. The van der Waals surface area contributed by atoms with Crippen molar-refractivity contribution in [2.75, 3.05) is 26.7 Å². The Morgan fingerprint density at radius 2 is 1.73 bits per heavy atom. The molecule has 2 heterocycles. The highest BCUT2D eigenvalue weighted by molar-refractivity contribution is 6.13. The first-order valence-corrected chi connectivity index (χ1v) is 13.8. The molecule has 0 aromatic heterocycles. The first kappa shape index (κ1) is 28.1. The van der Waals surface area contributed by atoms with Crippen LogP contribution in [-0.4, -0.2) is 71.9 Å². The maximum absolute atomic E-state index is 14.0. The number of benzene rings is 3. The molecule has 3 aromatic rings. The summed E-state index contributed by atoms with van der Waals surface area (Å²) in [5, 5.41) is 10.7. The van der Waals surface area contributed by atoms with E-state index in [9.17, 15) is 14.4 Å². The third-order valence-corrected chi connectivity index (χ3v) is 7.39. The van der Waals surface area contributed by atoms with Gasteiger partial charge in [-0.05, 0) is 55.7 Å². The van der Waals surface area contributed by atoms with Crippen LogP contribution < -0.4 is 10.1 Å². The van der Waals surface area contributed by atoms with Gasteiger partial charge in [-0.3, -0.25) is 9.59 Å². The molecule has 1 saturated heterocycles. The Hall–Kier alpha value is -4.40. The number of fused-ring (bicyclic) bond motifs is 2. The quantitative estimate of drug-likeness (QED) is 0.465. The van der Waals surface area contributed by atoms with E-state index in [0.717, 1.165) is 22.0 Å². The third-order valence-electron chi connectivity index (χ3n) is 7.39. The monoisotopic (exact) mass is 556 g/mol. The van der Waals surface area contributed by atoms with Crippen LogP contribution in [0.15, 0.2) is 77.9 Å². The van der Waals surface area contributed by atoms with Crippen molar-refractivity contribution in [2.45, 2.75) is 45.3 Å². The summed E-state index contributed by atoms with van der Waals surface area (Å²) in [5.41, 5.74) is 0.0661. The summed E-state index contributed by atoms with van der Waals surface area (Å²) in [7, 11) is 1.65. The maximum Gasteiger partial charge on any atom is 0.408 e. The number of piperidine rings is 1. The second kappa shape index (κ2) is 11.2. The minimum atomic E-state index is -1.03. The first-order valence-electron chi connectivity index (χ1n) is 13.8. The lowest BCUT2D eigenvalue weighted by molar-refractivity contribution is -0.141. The predicted molar refractivity (Wildman–Crippen MR) is 157 cm³/mol. The van der Waals surface area contributed by atoms with Crippen molar-refractivity contribution in [3.63, 3.8) is 0 Å². The molecule has 9 heteroatoms. The van der Waals surface area contributed by atoms with Crippen LogP contribution in [0.3, 0.4) is 0 Å². The maximum atomic E-state index is 14.0. The van der Waals surface area contributed by atoms with Crippen molar-refractivity contribution in [1.29, 1.82) is 0 Å². The molecule has 41 heavy (non-hydrogen) atoms. The van der Waals surface area contributed by atoms with Crippen molar-refractivity contribution in [3.8, 4) is 5.75 Å². The van der Waals surface area contributed by atoms with E-state index in [4.69, 9.17) is 9.47 Å². The Morgan fingerprint density at radius 3 is 2.46 bits per heavy atom. The van der Waals surface area contributed by atoms with Gasteiger partial charge in [0.25, 0.3) is 5.91 Å². The fourth-order valence-corrected chi connectivity index (χ4v) is 5.50. The molecule has 0 saturated carbocycles. The van der Waals surface area contributed by atoms with Gasteiger partial charge in [-0.2, -0.15) is 5.10 Å². The van der Waals surface area contributed by atoms with Crippen molar-refractivity contribution in [1.82, 2.24) is 15.2 Å². The fourth-order valence-electron chi connectivity index (χ4n) is 5.50.